The molecule has 0 bridgehead atoms. The predicted octanol–water partition coefficient (Wildman–Crippen LogP) is -1.38. The maximum atomic E-state index is 9.79. The lowest BCUT2D eigenvalue weighted by molar-refractivity contribution is -0.466. The smallest absolute Gasteiger partial charge is 0.305 e. The molecule has 0 spiro atoms. The summed E-state index contributed by atoms with van der Waals surface area (Å²) in [6.07, 6.45) is -0.0785. The first-order valence-corrected chi connectivity index (χ1v) is 3.13. The van der Waals surface area contributed by atoms with Crippen molar-refractivity contribution in [3.8, 4) is 0 Å². The van der Waals surface area contributed by atoms with Crippen LogP contribution in [0.5, 0.6) is 0 Å². The maximum Gasteiger partial charge on any atom is 0.305 e. The molecule has 0 aliphatic carbocycles. The molecule has 0 aromatic carbocycles. The van der Waals surface area contributed by atoms with Crippen molar-refractivity contribution in [3.63, 3.8) is 0 Å². The fourth-order valence-corrected chi connectivity index (χ4v) is 0.307. The predicted molar refractivity (Wildman–Crippen MR) is 30.3 cm³/mol. The topological polar surface area (TPSA) is 65.0 Å². The number of hydrogen-bond acceptors (Lipinski definition) is 4. The van der Waals surface area contributed by atoms with Crippen molar-refractivity contribution >= 4 is 16.5 Å². The minimum Gasteiger partial charge on any atom is -0.481 e. The Balaban J connectivity index is 2.83. The Hall–Kier alpha value is -0.433. The highest BCUT2D eigenvalue weighted by molar-refractivity contribution is 5.97. The van der Waals surface area contributed by atoms with E-state index in [1.807, 2.05) is 0 Å². The molecule has 0 atom stereocenters. The highest BCUT2D eigenvalue weighted by Crippen LogP contribution is 1.82. The van der Waals surface area contributed by atoms with Crippen LogP contribution in [0.4, 0.5) is 0 Å². The van der Waals surface area contributed by atoms with Crippen LogP contribution in [-0.4, -0.2) is 28.2 Å². The normalized spacial score (nSPS) is 9.78. The molecule has 9 heavy (non-hydrogen) atoms. The van der Waals surface area contributed by atoms with Gasteiger partial charge in [0, 0.05) is 0 Å². The highest BCUT2D eigenvalue weighted by atomic mass is 28.2. The Kier molecular flexibility index (Phi) is 5.42. The maximum absolute atomic E-state index is 9.79. The van der Waals surface area contributed by atoms with Crippen LogP contribution in [0, 0.1) is 0 Å². The second-order valence-electron chi connectivity index (χ2n) is 1.20. The number of rotatable bonds is 5. The van der Waals surface area contributed by atoms with Crippen LogP contribution in [0.3, 0.4) is 0 Å². The van der Waals surface area contributed by atoms with Gasteiger partial charge in [0.15, 0.2) is 10.5 Å². The van der Waals surface area contributed by atoms with Gasteiger partial charge in [0.2, 0.25) is 0 Å². The molecule has 0 aromatic rings. The molecule has 0 fully saturated rings. The van der Waals surface area contributed by atoms with E-state index >= 15 is 0 Å². The summed E-state index contributed by atoms with van der Waals surface area (Å²) < 4.78 is 4.15. The highest BCUT2D eigenvalue weighted by Gasteiger charge is 1.95. The van der Waals surface area contributed by atoms with E-state index in [2.05, 4.69) is 14.5 Å². The SMILES string of the molecule is O=C(O)CCOOO[SiH3]. The Bertz CT molecular complexity index is 84.3. The summed E-state index contributed by atoms with van der Waals surface area (Å²) in [5, 5.41) is 12.0. The molecule has 6 heteroatoms. The van der Waals surface area contributed by atoms with Gasteiger partial charge in [-0.05, 0) is 0 Å². The van der Waals surface area contributed by atoms with E-state index in [4.69, 9.17) is 5.11 Å². The van der Waals surface area contributed by atoms with E-state index in [0.717, 1.165) is 0 Å². The zero-order valence-corrected chi connectivity index (χ0v) is 6.99. The standard InChI is InChI=1S/C3H8O5Si/c4-3(5)1-2-6-7-8-9/h1-2H2,9H3,(H,4,5). The Morgan fingerprint density at radius 3 is 2.78 bits per heavy atom. The zero-order valence-electron chi connectivity index (χ0n) is 4.99. The lowest BCUT2D eigenvalue weighted by atomic mass is 10.5. The number of hydrogen-bond donors (Lipinski definition) is 1. The van der Waals surface area contributed by atoms with Gasteiger partial charge in [-0.1, -0.05) is 5.04 Å². The van der Waals surface area contributed by atoms with Crippen molar-refractivity contribution in [3.05, 3.63) is 0 Å². The molecule has 0 radical (unpaired) electrons. The molecule has 5 nitrogen and oxygen atoms in total. The molecular weight excluding hydrogens is 144 g/mol. The van der Waals surface area contributed by atoms with Gasteiger partial charge in [0.05, 0.1) is 13.0 Å². The molecule has 0 heterocycles. The third kappa shape index (κ3) is 7.57. The fourth-order valence-electron chi connectivity index (χ4n) is 0.211. The van der Waals surface area contributed by atoms with Crippen molar-refractivity contribution < 1.29 is 24.4 Å². The van der Waals surface area contributed by atoms with Crippen LogP contribution >= 0.6 is 0 Å². The molecule has 0 aliphatic rings. The summed E-state index contributed by atoms with van der Waals surface area (Å²) in [5.74, 6) is -0.924. The monoisotopic (exact) mass is 152 g/mol. The van der Waals surface area contributed by atoms with E-state index in [-0.39, 0.29) is 13.0 Å². The molecule has 0 aliphatic heterocycles. The number of aliphatic carboxylic acids is 1. The van der Waals surface area contributed by atoms with Gasteiger partial charge in [-0.15, -0.1) is 0 Å². The van der Waals surface area contributed by atoms with Gasteiger partial charge in [-0.2, -0.15) is 0 Å². The second kappa shape index (κ2) is 5.70. The molecule has 1 N–H and O–H groups in total. The van der Waals surface area contributed by atoms with E-state index in [1.165, 1.54) is 0 Å². The van der Waals surface area contributed by atoms with Crippen molar-refractivity contribution in [1.29, 1.82) is 0 Å². The van der Waals surface area contributed by atoms with Crippen LogP contribution in [0.25, 0.3) is 0 Å². The van der Waals surface area contributed by atoms with Gasteiger partial charge in [-0.3, -0.25) is 9.37 Å². The van der Waals surface area contributed by atoms with Gasteiger partial charge < -0.3 is 5.11 Å². The summed E-state index contributed by atoms with van der Waals surface area (Å²) in [6, 6.07) is 0. The summed E-state index contributed by atoms with van der Waals surface area (Å²) in [5.41, 5.74) is 0. The average molecular weight is 152 g/mol. The molecule has 0 rings (SSSR count). The average Bonchev–Trinajstić information content (AvgIpc) is 1.80. The Morgan fingerprint density at radius 2 is 2.33 bits per heavy atom. The summed E-state index contributed by atoms with van der Waals surface area (Å²) in [4.78, 5) is 14.0. The van der Waals surface area contributed by atoms with Gasteiger partial charge in [0.25, 0.3) is 0 Å². The van der Waals surface area contributed by atoms with Crippen molar-refractivity contribution in [1.82, 2.24) is 0 Å². The minimum atomic E-state index is -0.924. The van der Waals surface area contributed by atoms with Crippen LogP contribution in [0.2, 0.25) is 0 Å². The largest absolute Gasteiger partial charge is 0.481 e. The first kappa shape index (κ1) is 8.57. The van der Waals surface area contributed by atoms with Gasteiger partial charge >= 0.3 is 5.97 Å². The van der Waals surface area contributed by atoms with Crippen LogP contribution in [0.1, 0.15) is 6.42 Å². The van der Waals surface area contributed by atoms with Crippen molar-refractivity contribution in [2.45, 2.75) is 6.42 Å². The third-order valence-electron chi connectivity index (χ3n) is 0.515. The minimum absolute atomic E-state index is 0.0115. The molecule has 54 valence electrons. The van der Waals surface area contributed by atoms with Crippen LogP contribution in [0.15, 0.2) is 0 Å². The van der Waals surface area contributed by atoms with E-state index in [0.29, 0.717) is 10.5 Å². The summed E-state index contributed by atoms with van der Waals surface area (Å²) in [7, 11) is 0.407. The van der Waals surface area contributed by atoms with Crippen molar-refractivity contribution in [2.75, 3.05) is 6.61 Å². The third-order valence-corrected chi connectivity index (χ3v) is 0.651. The zero-order chi connectivity index (χ0) is 7.11. The first-order chi connectivity index (χ1) is 4.27. The van der Waals surface area contributed by atoms with E-state index in [1.54, 1.807) is 0 Å². The number of carboxylic acid groups (broad SMARTS) is 1. The number of carbonyl (C=O) groups is 1. The van der Waals surface area contributed by atoms with E-state index in [9.17, 15) is 4.79 Å². The van der Waals surface area contributed by atoms with E-state index < -0.39 is 5.97 Å². The molecule has 0 saturated carbocycles. The second-order valence-corrected chi connectivity index (χ2v) is 1.53. The molecule has 0 unspecified atom stereocenters. The molecular formula is C3H8O5Si. The van der Waals surface area contributed by atoms with Gasteiger partial charge in [-0.25, -0.2) is 4.89 Å². The van der Waals surface area contributed by atoms with Gasteiger partial charge in [0.1, 0.15) is 0 Å². The molecule has 0 amide bonds. The summed E-state index contributed by atoms with van der Waals surface area (Å²) in [6.45, 7) is 0.0115. The Morgan fingerprint density at radius 1 is 1.67 bits per heavy atom. The van der Waals surface area contributed by atoms with Crippen LogP contribution in [-0.2, 0) is 19.3 Å². The summed E-state index contributed by atoms with van der Waals surface area (Å²) >= 11 is 0. The first-order valence-electron chi connectivity index (χ1n) is 2.31. The molecule has 0 aromatic heterocycles. The number of carboxylic acids is 1. The molecule has 0 saturated heterocycles. The Labute approximate surface area is 54.9 Å². The van der Waals surface area contributed by atoms with Crippen molar-refractivity contribution in [2.24, 2.45) is 0 Å². The van der Waals surface area contributed by atoms with Crippen LogP contribution < -0.4 is 0 Å². The lowest BCUT2D eigenvalue weighted by Gasteiger charge is -1.95. The quantitative estimate of drug-likeness (QED) is 0.228. The fraction of sp³-hybridized carbons (Fsp3) is 0.667. The lowest BCUT2D eigenvalue weighted by Crippen LogP contribution is -2.02.